The number of hydrogen-bond donors (Lipinski definition) is 1. The van der Waals surface area contributed by atoms with E-state index >= 15 is 0 Å². The number of aliphatic hydroxyl groups excluding tert-OH is 1. The lowest BCUT2D eigenvalue weighted by Crippen LogP contribution is -2.38. The van der Waals surface area contributed by atoms with Crippen LogP contribution in [0.1, 0.15) is 59.4 Å². The number of methoxy groups -OCH3 is 1. The predicted octanol–water partition coefficient (Wildman–Crippen LogP) is 6.30. The van der Waals surface area contributed by atoms with Gasteiger partial charge in [0.1, 0.15) is 5.76 Å². The monoisotopic (exact) mass is 423 g/mol. The first-order chi connectivity index (χ1) is 13.2. The van der Waals surface area contributed by atoms with Crippen molar-refractivity contribution < 1.29 is 9.84 Å². The number of aliphatic hydroxyl groups is 1. The molecule has 2 unspecified atom stereocenters. The van der Waals surface area contributed by atoms with Gasteiger partial charge in [-0.25, -0.2) is 4.42 Å². The maximum absolute atomic E-state index is 10.9. The van der Waals surface area contributed by atoms with Crippen LogP contribution in [0.25, 0.3) is 0 Å². The molecule has 0 aromatic heterocycles. The number of halogens is 1. The van der Waals surface area contributed by atoms with E-state index in [2.05, 4.69) is 65.0 Å². The third kappa shape index (κ3) is 5.12. The van der Waals surface area contributed by atoms with E-state index in [1.54, 1.807) is 7.11 Å². The van der Waals surface area contributed by atoms with Gasteiger partial charge in [0.25, 0.3) is 0 Å². The van der Waals surface area contributed by atoms with Crippen LogP contribution in [0.15, 0.2) is 47.9 Å². The van der Waals surface area contributed by atoms with E-state index in [0.29, 0.717) is 26.6 Å². The largest absolute Gasteiger partial charge is 0.508 e. The van der Waals surface area contributed by atoms with Gasteiger partial charge >= 0.3 is 0 Å². The molecule has 1 aromatic rings. The van der Waals surface area contributed by atoms with Crippen molar-refractivity contribution >= 4 is 25.7 Å². The maximum atomic E-state index is 10.9. The molecule has 0 aliphatic heterocycles. The van der Waals surface area contributed by atoms with Gasteiger partial charge < -0.3 is 9.84 Å². The quantitative estimate of drug-likeness (QED) is 0.393. The minimum Gasteiger partial charge on any atom is -0.508 e. The second-order valence-electron chi connectivity index (χ2n) is 8.48. The van der Waals surface area contributed by atoms with E-state index in [1.165, 1.54) is 10.9 Å². The molecular weight excluding hydrogens is 389 g/mol. The average molecular weight is 424 g/mol. The number of hydrogen-bond acceptors (Lipinski definition) is 3. The van der Waals surface area contributed by atoms with Crippen molar-refractivity contribution in [3.8, 4) is 0 Å². The van der Waals surface area contributed by atoms with Gasteiger partial charge in [0.05, 0.1) is 7.11 Å². The Morgan fingerprint density at radius 1 is 1.21 bits per heavy atom. The Morgan fingerprint density at radius 2 is 1.86 bits per heavy atom. The minimum atomic E-state index is -0.104. The first-order valence-corrected chi connectivity index (χ1v) is 11.5. The van der Waals surface area contributed by atoms with Crippen molar-refractivity contribution in [1.29, 1.82) is 0 Å². The van der Waals surface area contributed by atoms with E-state index in [-0.39, 0.29) is 16.6 Å². The zero-order chi connectivity index (χ0) is 20.9. The molecule has 0 saturated heterocycles. The van der Waals surface area contributed by atoms with Gasteiger partial charge in [-0.05, 0) is 68.8 Å². The van der Waals surface area contributed by atoms with Crippen LogP contribution in [0.5, 0.6) is 0 Å². The van der Waals surface area contributed by atoms with Crippen LogP contribution in [0.2, 0.25) is 0 Å². The van der Waals surface area contributed by atoms with Crippen LogP contribution < -0.4 is 5.30 Å². The van der Waals surface area contributed by atoms with Gasteiger partial charge in [0, 0.05) is 23.2 Å². The fourth-order valence-electron chi connectivity index (χ4n) is 3.78. The highest BCUT2D eigenvalue weighted by Crippen LogP contribution is 2.49. The zero-order valence-electron chi connectivity index (χ0n) is 18.1. The van der Waals surface area contributed by atoms with E-state index in [0.717, 1.165) is 19.3 Å². The molecule has 2 atom stereocenters. The summed E-state index contributed by atoms with van der Waals surface area (Å²) in [4.78, 5) is 0. The van der Waals surface area contributed by atoms with Gasteiger partial charge in [-0.15, -0.1) is 0 Å². The van der Waals surface area contributed by atoms with E-state index in [1.807, 2.05) is 10.5 Å². The van der Waals surface area contributed by atoms with E-state index in [4.69, 9.17) is 16.5 Å². The molecule has 1 N–H and O–H groups in total. The van der Waals surface area contributed by atoms with Crippen molar-refractivity contribution in [1.82, 2.24) is 4.42 Å². The third-order valence-corrected chi connectivity index (χ3v) is 8.75. The first kappa shape index (κ1) is 23.3. The lowest BCUT2D eigenvalue weighted by Gasteiger charge is -2.41. The van der Waals surface area contributed by atoms with Crippen molar-refractivity contribution in [3.05, 3.63) is 53.5 Å². The number of allylic oxidation sites excluding steroid dienone is 3. The zero-order valence-corrected chi connectivity index (χ0v) is 19.8. The highest BCUT2D eigenvalue weighted by Gasteiger charge is 2.40. The summed E-state index contributed by atoms with van der Waals surface area (Å²) in [6, 6.07) is 8.59. The molecule has 0 spiro atoms. The lowest BCUT2D eigenvalue weighted by molar-refractivity contribution is 0.211. The van der Waals surface area contributed by atoms with Crippen LogP contribution in [-0.4, -0.2) is 27.3 Å². The highest BCUT2D eigenvalue weighted by molar-refractivity contribution is 7.49. The van der Waals surface area contributed by atoms with Crippen molar-refractivity contribution in [2.24, 2.45) is 5.92 Å². The van der Waals surface area contributed by atoms with Crippen LogP contribution in [0.3, 0.4) is 0 Å². The average Bonchev–Trinajstić information content (AvgIpc) is 2.67. The van der Waals surface area contributed by atoms with Crippen LogP contribution >= 0.6 is 20.4 Å². The van der Waals surface area contributed by atoms with Crippen LogP contribution in [0.4, 0.5) is 0 Å². The summed E-state index contributed by atoms with van der Waals surface area (Å²) in [5.74, 6) is 1.07. The van der Waals surface area contributed by atoms with Crippen LogP contribution in [-0.2, 0) is 11.3 Å². The molecule has 0 heterocycles. The Bertz CT molecular complexity index is 720. The Hall–Kier alpha value is -1.02. The Kier molecular flexibility index (Phi) is 8.02. The van der Waals surface area contributed by atoms with Crippen molar-refractivity contribution in [2.75, 3.05) is 7.11 Å². The molecule has 0 bridgehead atoms. The number of ether oxygens (including phenoxy) is 1. The third-order valence-electron chi connectivity index (χ3n) is 5.81. The molecule has 1 aromatic carbocycles. The number of rotatable bonds is 8. The summed E-state index contributed by atoms with van der Waals surface area (Å²) < 4.78 is 7.28. The minimum absolute atomic E-state index is 0.00635. The Morgan fingerprint density at radius 3 is 2.43 bits per heavy atom. The molecule has 0 fully saturated rings. The molecule has 0 radical (unpaired) electrons. The SMILES string of the molecule is CCC(CC)(Pc1ccccc1CN(Cl)C(C)(C)C)C1CC=CC(OC)=C1O. The molecule has 5 heteroatoms. The summed E-state index contributed by atoms with van der Waals surface area (Å²) in [6.45, 7) is 11.5. The van der Waals surface area contributed by atoms with Gasteiger partial charge in [0.2, 0.25) is 0 Å². The predicted molar refractivity (Wildman–Crippen MR) is 123 cm³/mol. The number of nitrogens with zero attached hydrogens (tertiary/aromatic N) is 1. The fourth-order valence-corrected chi connectivity index (χ4v) is 5.73. The molecule has 0 amide bonds. The molecule has 28 heavy (non-hydrogen) atoms. The van der Waals surface area contributed by atoms with Gasteiger partial charge in [-0.2, -0.15) is 0 Å². The van der Waals surface area contributed by atoms with E-state index in [9.17, 15) is 5.11 Å². The van der Waals surface area contributed by atoms with Crippen molar-refractivity contribution in [2.45, 2.75) is 71.1 Å². The highest BCUT2D eigenvalue weighted by atomic mass is 35.5. The normalized spacial score (nSPS) is 18.5. The standard InChI is InChI=1S/C23H35ClNO2P/c1-7-23(8-2,18-13-11-14-19(27-6)21(18)26)28-20-15-10-9-12-17(20)16-25(24)22(3,4)5/h9-12,14-15,18,26,28H,7-8,13,16H2,1-6H3. The van der Waals surface area contributed by atoms with Gasteiger partial charge in [0.15, 0.2) is 5.76 Å². The lowest BCUT2D eigenvalue weighted by atomic mass is 9.80. The maximum Gasteiger partial charge on any atom is 0.156 e. The van der Waals surface area contributed by atoms with Gasteiger partial charge in [-0.1, -0.05) is 52.8 Å². The second-order valence-corrected chi connectivity index (χ2v) is 10.7. The summed E-state index contributed by atoms with van der Waals surface area (Å²) in [7, 11) is 2.21. The fraction of sp³-hybridized carbons (Fsp3) is 0.565. The molecular formula is C23H35ClNO2P. The van der Waals surface area contributed by atoms with E-state index < -0.39 is 0 Å². The topological polar surface area (TPSA) is 32.7 Å². The summed E-state index contributed by atoms with van der Waals surface area (Å²) in [5, 5.41) is 12.2. The molecule has 2 rings (SSSR count). The summed E-state index contributed by atoms with van der Waals surface area (Å²) >= 11 is 6.58. The molecule has 3 nitrogen and oxygen atoms in total. The smallest absolute Gasteiger partial charge is 0.156 e. The molecule has 0 saturated carbocycles. The Labute approximate surface area is 177 Å². The van der Waals surface area contributed by atoms with Gasteiger partial charge in [-0.3, -0.25) is 0 Å². The number of benzene rings is 1. The first-order valence-electron chi connectivity index (χ1n) is 10.1. The summed E-state index contributed by atoms with van der Waals surface area (Å²) in [5.41, 5.74) is 1.16. The van der Waals surface area contributed by atoms with Crippen LogP contribution in [0, 0.1) is 5.92 Å². The Balaban J connectivity index is 2.38. The molecule has 156 valence electrons. The summed E-state index contributed by atoms with van der Waals surface area (Å²) in [6.07, 6.45) is 6.85. The van der Waals surface area contributed by atoms with Crippen molar-refractivity contribution in [3.63, 3.8) is 0 Å². The molecule has 1 aliphatic rings. The molecule has 1 aliphatic carbocycles. The second kappa shape index (κ2) is 9.65.